The van der Waals surface area contributed by atoms with Crippen LogP contribution in [0.1, 0.15) is 19.8 Å². The van der Waals surface area contributed by atoms with Crippen molar-refractivity contribution in [3.05, 3.63) is 60.2 Å². The van der Waals surface area contributed by atoms with Crippen molar-refractivity contribution in [2.24, 2.45) is 4.99 Å². The van der Waals surface area contributed by atoms with Crippen molar-refractivity contribution in [3.8, 4) is 5.75 Å². The lowest BCUT2D eigenvalue weighted by atomic mass is 10.0. The number of anilines is 1. The standard InChI is InChI=1S/C22H28F2N4O/c1-16(29-21-9-4-3-8-20(21)24)15-26-22(25-2)27-18-10-12-28(13-11-18)19-7-5-6-17(23)14-19/h3-9,14,16,18H,10-13,15H2,1-2H3,(H2,25,26,27). The van der Waals surface area contributed by atoms with Gasteiger partial charge in [0.2, 0.25) is 0 Å². The number of aliphatic imine (C=N–C) groups is 1. The molecule has 0 aromatic heterocycles. The molecule has 5 nitrogen and oxygen atoms in total. The molecule has 0 aliphatic carbocycles. The molecule has 1 fully saturated rings. The molecule has 0 bridgehead atoms. The van der Waals surface area contributed by atoms with Gasteiger partial charge in [-0.25, -0.2) is 8.78 Å². The number of benzene rings is 2. The number of ether oxygens (including phenoxy) is 1. The van der Waals surface area contributed by atoms with Gasteiger partial charge in [-0.05, 0) is 50.1 Å². The van der Waals surface area contributed by atoms with Crippen LogP contribution in [-0.2, 0) is 0 Å². The summed E-state index contributed by atoms with van der Waals surface area (Å²) in [5.74, 6) is 0.360. The van der Waals surface area contributed by atoms with Gasteiger partial charge in [0, 0.05) is 31.9 Å². The van der Waals surface area contributed by atoms with Crippen LogP contribution in [0.2, 0.25) is 0 Å². The minimum absolute atomic E-state index is 0.209. The first-order chi connectivity index (χ1) is 14.0. The van der Waals surface area contributed by atoms with E-state index >= 15 is 0 Å². The number of guanidine groups is 1. The number of hydrogen-bond acceptors (Lipinski definition) is 3. The van der Waals surface area contributed by atoms with Crippen molar-refractivity contribution < 1.29 is 13.5 Å². The van der Waals surface area contributed by atoms with Crippen molar-refractivity contribution in [2.45, 2.75) is 31.9 Å². The molecule has 2 N–H and O–H groups in total. The van der Waals surface area contributed by atoms with Crippen LogP contribution in [0.4, 0.5) is 14.5 Å². The number of hydrogen-bond donors (Lipinski definition) is 2. The third-order valence-corrected chi connectivity index (χ3v) is 4.95. The van der Waals surface area contributed by atoms with E-state index in [2.05, 4.69) is 20.5 Å². The van der Waals surface area contributed by atoms with Gasteiger partial charge in [0.15, 0.2) is 17.5 Å². The Labute approximate surface area is 170 Å². The number of nitrogens with one attached hydrogen (secondary N) is 2. The zero-order chi connectivity index (χ0) is 20.6. The highest BCUT2D eigenvalue weighted by molar-refractivity contribution is 5.80. The maximum atomic E-state index is 13.7. The highest BCUT2D eigenvalue weighted by Gasteiger charge is 2.20. The largest absolute Gasteiger partial charge is 0.486 e. The summed E-state index contributed by atoms with van der Waals surface area (Å²) in [5.41, 5.74) is 0.921. The highest BCUT2D eigenvalue weighted by atomic mass is 19.1. The Morgan fingerprint density at radius 2 is 1.93 bits per heavy atom. The molecule has 3 rings (SSSR count). The van der Waals surface area contributed by atoms with E-state index in [1.54, 1.807) is 37.4 Å². The van der Waals surface area contributed by atoms with Gasteiger partial charge < -0.3 is 20.3 Å². The number of rotatable bonds is 6. The number of halogens is 2. The average molecular weight is 402 g/mol. The van der Waals surface area contributed by atoms with Crippen molar-refractivity contribution in [2.75, 3.05) is 31.6 Å². The molecule has 156 valence electrons. The quantitative estimate of drug-likeness (QED) is 0.573. The smallest absolute Gasteiger partial charge is 0.191 e. The van der Waals surface area contributed by atoms with Crippen LogP contribution >= 0.6 is 0 Å². The summed E-state index contributed by atoms with van der Waals surface area (Å²) in [4.78, 5) is 6.47. The van der Waals surface area contributed by atoms with Crippen molar-refractivity contribution >= 4 is 11.6 Å². The molecule has 1 saturated heterocycles. The molecular formula is C22H28F2N4O. The predicted octanol–water partition coefficient (Wildman–Crippen LogP) is 3.57. The third-order valence-electron chi connectivity index (χ3n) is 4.95. The summed E-state index contributed by atoms with van der Waals surface area (Å²) in [6, 6.07) is 13.4. The summed E-state index contributed by atoms with van der Waals surface area (Å²) in [5, 5.41) is 6.66. The first kappa shape index (κ1) is 20.9. The summed E-state index contributed by atoms with van der Waals surface area (Å²) in [7, 11) is 1.72. The van der Waals surface area contributed by atoms with E-state index in [0.717, 1.165) is 31.6 Å². The molecule has 0 spiro atoms. The van der Waals surface area contributed by atoms with Gasteiger partial charge in [-0.1, -0.05) is 18.2 Å². The molecule has 0 radical (unpaired) electrons. The molecule has 0 amide bonds. The van der Waals surface area contributed by atoms with Crippen LogP contribution in [0.15, 0.2) is 53.5 Å². The van der Waals surface area contributed by atoms with E-state index in [4.69, 9.17) is 4.74 Å². The molecular weight excluding hydrogens is 374 g/mol. The topological polar surface area (TPSA) is 48.9 Å². The van der Waals surface area contributed by atoms with E-state index in [1.165, 1.54) is 12.1 Å². The van der Waals surface area contributed by atoms with Gasteiger partial charge in [-0.2, -0.15) is 0 Å². The molecule has 0 saturated carbocycles. The molecule has 1 aliphatic heterocycles. The highest BCUT2D eigenvalue weighted by Crippen LogP contribution is 2.21. The van der Waals surface area contributed by atoms with Crippen molar-refractivity contribution in [1.29, 1.82) is 0 Å². The third kappa shape index (κ3) is 6.07. The molecule has 1 unspecified atom stereocenters. The molecule has 1 atom stereocenters. The first-order valence-corrected chi connectivity index (χ1v) is 9.94. The zero-order valence-corrected chi connectivity index (χ0v) is 16.9. The first-order valence-electron chi connectivity index (χ1n) is 9.94. The molecule has 1 aliphatic rings. The Morgan fingerprint density at radius 1 is 1.17 bits per heavy atom. The van der Waals surface area contributed by atoms with E-state index in [-0.39, 0.29) is 29.5 Å². The molecule has 1 heterocycles. The minimum atomic E-state index is -0.369. The molecule has 2 aromatic carbocycles. The lowest BCUT2D eigenvalue weighted by molar-refractivity contribution is 0.214. The van der Waals surface area contributed by atoms with Crippen LogP contribution in [0.3, 0.4) is 0 Å². The number of nitrogens with zero attached hydrogens (tertiary/aromatic N) is 2. The summed E-state index contributed by atoms with van der Waals surface area (Å²) in [6.07, 6.45) is 1.64. The number of piperidine rings is 1. The normalized spacial score (nSPS) is 16.4. The maximum absolute atomic E-state index is 13.7. The van der Waals surface area contributed by atoms with Gasteiger partial charge in [0.05, 0.1) is 6.54 Å². The van der Waals surface area contributed by atoms with Crippen LogP contribution in [0, 0.1) is 11.6 Å². The maximum Gasteiger partial charge on any atom is 0.191 e. The minimum Gasteiger partial charge on any atom is -0.486 e. The molecule has 2 aromatic rings. The van der Waals surface area contributed by atoms with Crippen LogP contribution < -0.4 is 20.3 Å². The molecule has 7 heteroatoms. The Balaban J connectivity index is 1.43. The monoisotopic (exact) mass is 402 g/mol. The van der Waals surface area contributed by atoms with Gasteiger partial charge in [0.25, 0.3) is 0 Å². The number of para-hydroxylation sites is 1. The summed E-state index contributed by atoms with van der Waals surface area (Å²) in [6.45, 7) is 4.08. The van der Waals surface area contributed by atoms with E-state index < -0.39 is 0 Å². The summed E-state index contributed by atoms with van der Waals surface area (Å²) < 4.78 is 32.8. The Bertz CT molecular complexity index is 822. The van der Waals surface area contributed by atoms with Crippen molar-refractivity contribution in [1.82, 2.24) is 10.6 Å². The van der Waals surface area contributed by atoms with Crippen LogP contribution in [-0.4, -0.2) is 44.8 Å². The fourth-order valence-corrected chi connectivity index (χ4v) is 3.38. The molecule has 29 heavy (non-hydrogen) atoms. The van der Waals surface area contributed by atoms with Crippen LogP contribution in [0.5, 0.6) is 5.75 Å². The van der Waals surface area contributed by atoms with Crippen molar-refractivity contribution in [3.63, 3.8) is 0 Å². The lowest BCUT2D eigenvalue weighted by Gasteiger charge is -2.34. The van der Waals surface area contributed by atoms with Gasteiger partial charge in [0.1, 0.15) is 11.9 Å². The second-order valence-electron chi connectivity index (χ2n) is 7.20. The second kappa shape index (κ2) is 10.1. The summed E-state index contributed by atoms with van der Waals surface area (Å²) >= 11 is 0. The fraction of sp³-hybridized carbons (Fsp3) is 0.409. The Morgan fingerprint density at radius 3 is 2.62 bits per heavy atom. The lowest BCUT2D eigenvalue weighted by Crippen LogP contribution is -2.50. The van der Waals surface area contributed by atoms with E-state index in [1.807, 2.05) is 13.0 Å². The zero-order valence-electron chi connectivity index (χ0n) is 16.9. The van der Waals surface area contributed by atoms with Gasteiger partial charge in [-0.3, -0.25) is 4.99 Å². The van der Waals surface area contributed by atoms with E-state index in [0.29, 0.717) is 12.5 Å². The Hall–Kier alpha value is -2.83. The second-order valence-corrected chi connectivity index (χ2v) is 7.20. The predicted molar refractivity (Wildman–Crippen MR) is 113 cm³/mol. The van der Waals surface area contributed by atoms with Gasteiger partial charge >= 0.3 is 0 Å². The average Bonchev–Trinajstić information content (AvgIpc) is 2.73. The van der Waals surface area contributed by atoms with Crippen LogP contribution in [0.25, 0.3) is 0 Å². The SMILES string of the molecule is CN=C(NCC(C)Oc1ccccc1F)NC1CCN(c2cccc(F)c2)CC1. The van der Waals surface area contributed by atoms with E-state index in [9.17, 15) is 8.78 Å². The fourth-order valence-electron chi connectivity index (χ4n) is 3.38. The van der Waals surface area contributed by atoms with Gasteiger partial charge in [-0.15, -0.1) is 0 Å². The Kier molecular flexibility index (Phi) is 7.27.